The van der Waals surface area contributed by atoms with Crippen LogP contribution in [0.25, 0.3) is 54.8 Å². The van der Waals surface area contributed by atoms with Crippen molar-refractivity contribution < 1.29 is 25.8 Å². The van der Waals surface area contributed by atoms with Gasteiger partial charge in [0.05, 0.1) is 11.3 Å². The predicted molar refractivity (Wildman–Crippen MR) is 155 cm³/mol. The fourth-order valence-corrected chi connectivity index (χ4v) is 5.76. The minimum absolute atomic E-state index is 0. The van der Waals surface area contributed by atoms with E-state index in [1.165, 1.54) is 10.9 Å². The van der Waals surface area contributed by atoms with Gasteiger partial charge in [0.2, 0.25) is 0 Å². The number of benzene rings is 3. The summed E-state index contributed by atoms with van der Waals surface area (Å²) in [7, 11) is 0. The summed E-state index contributed by atoms with van der Waals surface area (Å²) in [6.45, 7) is 6.75. The van der Waals surface area contributed by atoms with Crippen molar-refractivity contribution in [1.29, 1.82) is 0 Å². The minimum Gasteiger partial charge on any atom is -0.497 e. The van der Waals surface area contributed by atoms with Crippen molar-refractivity contribution in [2.24, 2.45) is 0 Å². The molecule has 196 valence electrons. The first-order chi connectivity index (χ1) is 19.0. The maximum atomic E-state index is 6.37. The number of fused-ring (bicyclic) bond motifs is 12. The Morgan fingerprint density at radius 1 is 0.650 bits per heavy atom. The Morgan fingerprint density at radius 3 is 2.05 bits per heavy atom. The summed E-state index contributed by atoms with van der Waals surface area (Å²) in [6, 6.07) is 25.6. The van der Waals surface area contributed by atoms with Gasteiger partial charge in [-0.1, -0.05) is 84.8 Å². The first-order valence-corrected chi connectivity index (χ1v) is 13.0. The van der Waals surface area contributed by atoms with Gasteiger partial charge in [0.1, 0.15) is 5.65 Å². The molecule has 0 aliphatic carbocycles. The van der Waals surface area contributed by atoms with Crippen molar-refractivity contribution in [1.82, 2.24) is 23.8 Å². The molecule has 0 atom stereocenters. The molecule has 0 bridgehead atoms. The molecular weight excluding hydrogens is 677 g/mol. The molecule has 3 aromatic carbocycles. The van der Waals surface area contributed by atoms with Gasteiger partial charge in [0.25, 0.3) is 0 Å². The largest absolute Gasteiger partial charge is 2.00 e. The van der Waals surface area contributed by atoms with Gasteiger partial charge in [-0.2, -0.15) is 0 Å². The first kappa shape index (κ1) is 24.7. The molecule has 0 radical (unpaired) electrons. The second-order valence-electron chi connectivity index (χ2n) is 10.9. The third kappa shape index (κ3) is 3.56. The first-order valence-electron chi connectivity index (χ1n) is 13.0. The summed E-state index contributed by atoms with van der Waals surface area (Å²) >= 11 is 0. The Balaban J connectivity index is 0.00000264. The Labute approximate surface area is 244 Å². The monoisotopic (exact) mass is 700 g/mol. The van der Waals surface area contributed by atoms with Crippen LogP contribution < -0.4 is 4.74 Å². The van der Waals surface area contributed by atoms with Gasteiger partial charge in [0.15, 0.2) is 0 Å². The van der Waals surface area contributed by atoms with Crippen LogP contribution in [0.2, 0.25) is 0 Å². The molecule has 0 saturated heterocycles. The van der Waals surface area contributed by atoms with E-state index in [1.54, 1.807) is 12.4 Å². The molecule has 0 aliphatic rings. The molecule has 5 aromatic heterocycles. The minimum atomic E-state index is -0.0200. The van der Waals surface area contributed by atoms with E-state index < -0.39 is 0 Å². The number of pyridine rings is 3. The Kier molecular flexibility index (Phi) is 5.48. The topological polar surface area (TPSA) is 56.7 Å². The van der Waals surface area contributed by atoms with Crippen LogP contribution >= 0.6 is 0 Å². The van der Waals surface area contributed by atoms with E-state index in [-0.39, 0.29) is 26.5 Å². The molecule has 40 heavy (non-hydrogen) atoms. The van der Waals surface area contributed by atoms with Crippen molar-refractivity contribution in [2.75, 3.05) is 0 Å². The summed E-state index contributed by atoms with van der Waals surface area (Å²) in [4.78, 5) is 13.9. The third-order valence-electron chi connectivity index (χ3n) is 7.47. The number of rotatable bonds is 2. The molecule has 7 heteroatoms. The van der Waals surface area contributed by atoms with Crippen LogP contribution in [0, 0.1) is 12.1 Å². The van der Waals surface area contributed by atoms with E-state index in [0.717, 1.165) is 49.4 Å². The smallest absolute Gasteiger partial charge is 0.497 e. The van der Waals surface area contributed by atoms with Gasteiger partial charge in [-0.05, 0) is 33.9 Å². The molecule has 0 aliphatic heterocycles. The quantitative estimate of drug-likeness (QED) is 0.137. The van der Waals surface area contributed by atoms with Crippen molar-refractivity contribution in [2.45, 2.75) is 26.2 Å². The molecule has 0 spiro atoms. The zero-order valence-electron chi connectivity index (χ0n) is 22.0. The van der Waals surface area contributed by atoms with E-state index >= 15 is 0 Å². The average Bonchev–Trinajstić information content (AvgIpc) is 3.63. The fraction of sp³-hybridized carbons (Fsp3) is 0.121. The van der Waals surface area contributed by atoms with Gasteiger partial charge < -0.3 is 13.5 Å². The third-order valence-corrected chi connectivity index (χ3v) is 7.47. The van der Waals surface area contributed by atoms with Crippen LogP contribution in [0.3, 0.4) is 0 Å². The number of aromatic nitrogens is 5. The van der Waals surface area contributed by atoms with E-state index in [4.69, 9.17) is 4.74 Å². The van der Waals surface area contributed by atoms with Crippen LogP contribution in [0.15, 0.2) is 85.6 Å². The zero-order valence-corrected chi connectivity index (χ0v) is 24.3. The van der Waals surface area contributed by atoms with Crippen LogP contribution in [0.5, 0.6) is 11.5 Å². The van der Waals surface area contributed by atoms with Crippen LogP contribution in [-0.2, 0) is 26.5 Å². The molecule has 8 aromatic rings. The van der Waals surface area contributed by atoms with Gasteiger partial charge in [0, 0.05) is 48.0 Å². The fourth-order valence-electron chi connectivity index (χ4n) is 5.76. The van der Waals surface area contributed by atoms with Crippen molar-refractivity contribution in [3.8, 4) is 11.5 Å². The van der Waals surface area contributed by atoms with Crippen LogP contribution in [0.1, 0.15) is 26.3 Å². The molecule has 5 heterocycles. The Hall–Kier alpha value is -4.28. The predicted octanol–water partition coefficient (Wildman–Crippen LogP) is 7.68. The maximum Gasteiger partial charge on any atom is 2.00 e. The Bertz CT molecular complexity index is 2260. The molecule has 6 nitrogen and oxygen atoms in total. The van der Waals surface area contributed by atoms with E-state index in [0.29, 0.717) is 11.5 Å². The van der Waals surface area contributed by atoms with Crippen LogP contribution in [-0.4, -0.2) is 23.8 Å². The summed E-state index contributed by atoms with van der Waals surface area (Å²) in [5.41, 5.74) is 4.93. The molecule has 0 fully saturated rings. The molecular formula is C33H23N5OPt. The summed E-state index contributed by atoms with van der Waals surface area (Å²) in [5, 5.41) is 6.22. The van der Waals surface area contributed by atoms with Crippen LogP contribution in [0.4, 0.5) is 0 Å². The van der Waals surface area contributed by atoms with E-state index in [9.17, 15) is 0 Å². The van der Waals surface area contributed by atoms with Gasteiger partial charge in [-0.25, -0.2) is 4.98 Å². The molecule has 0 saturated carbocycles. The standard InChI is InChI=1S/C33H23N5O.Pt/c1-33(2,3)27-7-4-8-28-29(27)23-12-10-21(19-26(23)31-35-14-16-37(28)31)39-20-9-11-22-24-6-5-13-34-30(24)38-17-15-36-32(38)25(22)18-20;/h4-17H,1-3H3;/q-2;+2. The summed E-state index contributed by atoms with van der Waals surface area (Å²) in [5.74, 6) is 1.21. The average molecular weight is 701 g/mol. The van der Waals surface area contributed by atoms with Gasteiger partial charge in [-0.15, -0.1) is 12.1 Å². The second kappa shape index (κ2) is 8.87. The SMILES string of the molecule is CC(C)(C)c1cccc2c1c1ccc(Oc3[c-]c4c(cc3)c3cccnc3n3ccnc43)[c-]c1c1nccn21.[Pt+2]. The van der Waals surface area contributed by atoms with Gasteiger partial charge >= 0.3 is 21.1 Å². The normalized spacial score (nSPS) is 12.2. The van der Waals surface area contributed by atoms with Gasteiger partial charge in [-0.3, -0.25) is 9.97 Å². The molecule has 0 amide bonds. The summed E-state index contributed by atoms with van der Waals surface area (Å²) < 4.78 is 10.5. The zero-order chi connectivity index (χ0) is 26.3. The molecule has 8 rings (SSSR count). The number of imidazole rings is 2. The summed E-state index contributed by atoms with van der Waals surface area (Å²) in [6.07, 6.45) is 9.36. The number of hydrogen-bond donors (Lipinski definition) is 0. The second-order valence-corrected chi connectivity index (χ2v) is 10.9. The number of nitrogens with zero attached hydrogens (tertiary/aromatic N) is 5. The van der Waals surface area contributed by atoms with E-state index in [1.807, 2.05) is 41.2 Å². The van der Waals surface area contributed by atoms with E-state index in [2.05, 4.69) is 88.7 Å². The van der Waals surface area contributed by atoms with Crippen molar-refractivity contribution in [3.63, 3.8) is 0 Å². The number of ether oxygens (including phenoxy) is 1. The van der Waals surface area contributed by atoms with Crippen molar-refractivity contribution in [3.05, 3.63) is 103 Å². The maximum absolute atomic E-state index is 6.37. The number of hydrogen-bond acceptors (Lipinski definition) is 4. The Morgan fingerprint density at radius 2 is 1.30 bits per heavy atom. The molecule has 0 N–H and O–H groups in total. The van der Waals surface area contributed by atoms with Crippen molar-refractivity contribution >= 4 is 54.8 Å². The molecule has 0 unspecified atom stereocenters.